The molecule has 132 valence electrons. The SMILES string of the molecule is CC1(CCCC2CCC3=C(CC[C@]4(C)C(=O)CC=C34)O2)OCCO1. The zero-order valence-corrected chi connectivity index (χ0v) is 14.9. The average Bonchev–Trinajstić information content (AvgIpc) is 3.12. The molecular weight excluding hydrogens is 304 g/mol. The van der Waals surface area contributed by atoms with E-state index in [9.17, 15) is 4.79 Å². The Morgan fingerprint density at radius 2 is 2.00 bits per heavy atom. The Labute approximate surface area is 144 Å². The zero-order chi connectivity index (χ0) is 16.8. The topological polar surface area (TPSA) is 44.8 Å². The van der Waals surface area contributed by atoms with Crippen molar-refractivity contribution in [1.82, 2.24) is 0 Å². The summed E-state index contributed by atoms with van der Waals surface area (Å²) in [6, 6.07) is 0. The van der Waals surface area contributed by atoms with Crippen molar-refractivity contribution >= 4 is 5.78 Å². The first-order valence-electron chi connectivity index (χ1n) is 9.41. The van der Waals surface area contributed by atoms with Crippen LogP contribution in [0, 0.1) is 5.41 Å². The van der Waals surface area contributed by atoms with Crippen molar-refractivity contribution in [1.29, 1.82) is 0 Å². The van der Waals surface area contributed by atoms with Crippen LogP contribution in [-0.2, 0) is 19.0 Å². The van der Waals surface area contributed by atoms with Crippen molar-refractivity contribution in [3.05, 3.63) is 23.0 Å². The van der Waals surface area contributed by atoms with Crippen LogP contribution in [0.15, 0.2) is 23.0 Å². The Morgan fingerprint density at radius 1 is 1.21 bits per heavy atom. The Kier molecular flexibility index (Phi) is 4.08. The van der Waals surface area contributed by atoms with Gasteiger partial charge in [-0.3, -0.25) is 4.79 Å². The fraction of sp³-hybridized carbons (Fsp3) is 0.750. The maximum absolute atomic E-state index is 12.2. The first kappa shape index (κ1) is 16.3. The van der Waals surface area contributed by atoms with Crippen LogP contribution in [0.4, 0.5) is 0 Å². The minimum atomic E-state index is -0.388. The highest BCUT2D eigenvalue weighted by Gasteiger charge is 2.46. The van der Waals surface area contributed by atoms with Crippen LogP contribution in [-0.4, -0.2) is 30.9 Å². The van der Waals surface area contributed by atoms with Crippen LogP contribution in [0.25, 0.3) is 0 Å². The first-order valence-corrected chi connectivity index (χ1v) is 9.41. The van der Waals surface area contributed by atoms with Crippen molar-refractivity contribution in [2.24, 2.45) is 5.41 Å². The summed E-state index contributed by atoms with van der Waals surface area (Å²) in [5.74, 6) is 1.15. The Balaban J connectivity index is 1.36. The van der Waals surface area contributed by atoms with Crippen molar-refractivity contribution in [3.8, 4) is 0 Å². The molecule has 4 rings (SSSR count). The van der Waals surface area contributed by atoms with Gasteiger partial charge in [0.05, 0.1) is 30.5 Å². The predicted molar refractivity (Wildman–Crippen MR) is 90.3 cm³/mol. The third kappa shape index (κ3) is 2.74. The van der Waals surface area contributed by atoms with Crippen molar-refractivity contribution in [3.63, 3.8) is 0 Å². The van der Waals surface area contributed by atoms with Crippen molar-refractivity contribution < 1.29 is 19.0 Å². The number of hydrogen-bond donors (Lipinski definition) is 0. The van der Waals surface area contributed by atoms with Gasteiger partial charge in [0.2, 0.25) is 0 Å². The number of ketones is 1. The van der Waals surface area contributed by atoms with Gasteiger partial charge in [0.25, 0.3) is 0 Å². The summed E-state index contributed by atoms with van der Waals surface area (Å²) in [5, 5.41) is 0. The third-order valence-corrected chi connectivity index (χ3v) is 6.30. The summed E-state index contributed by atoms with van der Waals surface area (Å²) in [6.45, 7) is 5.57. The lowest BCUT2D eigenvalue weighted by Gasteiger charge is -2.39. The Hall–Kier alpha value is -1.13. The largest absolute Gasteiger partial charge is 0.494 e. The predicted octanol–water partition coefficient (Wildman–Crippen LogP) is 4.05. The lowest BCUT2D eigenvalue weighted by molar-refractivity contribution is -0.148. The van der Waals surface area contributed by atoms with E-state index in [-0.39, 0.29) is 11.2 Å². The molecule has 4 heteroatoms. The monoisotopic (exact) mass is 332 g/mol. The van der Waals surface area contributed by atoms with E-state index in [0.717, 1.165) is 50.7 Å². The van der Waals surface area contributed by atoms with E-state index in [1.807, 2.05) is 6.92 Å². The fourth-order valence-electron chi connectivity index (χ4n) is 4.72. The van der Waals surface area contributed by atoms with E-state index >= 15 is 0 Å². The van der Waals surface area contributed by atoms with Gasteiger partial charge in [-0.1, -0.05) is 6.08 Å². The number of carbonyl (C=O) groups is 1. The van der Waals surface area contributed by atoms with Gasteiger partial charge in [-0.25, -0.2) is 0 Å². The quantitative estimate of drug-likeness (QED) is 0.779. The van der Waals surface area contributed by atoms with Crippen LogP contribution < -0.4 is 0 Å². The molecule has 2 aliphatic carbocycles. The van der Waals surface area contributed by atoms with E-state index in [1.165, 1.54) is 11.1 Å². The molecule has 1 saturated heterocycles. The van der Waals surface area contributed by atoms with Crippen LogP contribution in [0.3, 0.4) is 0 Å². The van der Waals surface area contributed by atoms with Gasteiger partial charge < -0.3 is 14.2 Å². The molecule has 0 aromatic heterocycles. The summed E-state index contributed by atoms with van der Waals surface area (Å²) in [6.07, 6.45) is 10.0. The van der Waals surface area contributed by atoms with Gasteiger partial charge in [-0.05, 0) is 57.1 Å². The van der Waals surface area contributed by atoms with Crippen molar-refractivity contribution in [2.45, 2.75) is 77.1 Å². The molecule has 1 unspecified atom stereocenters. The highest BCUT2D eigenvalue weighted by atomic mass is 16.7. The van der Waals surface area contributed by atoms with E-state index in [1.54, 1.807) is 0 Å². The van der Waals surface area contributed by atoms with E-state index in [4.69, 9.17) is 14.2 Å². The molecule has 0 aromatic rings. The summed E-state index contributed by atoms with van der Waals surface area (Å²) in [5.41, 5.74) is 2.37. The molecule has 0 aromatic carbocycles. The summed E-state index contributed by atoms with van der Waals surface area (Å²) in [7, 11) is 0. The molecule has 0 spiro atoms. The molecule has 2 aliphatic heterocycles. The molecule has 4 aliphatic rings. The molecule has 4 nitrogen and oxygen atoms in total. The maximum Gasteiger partial charge on any atom is 0.165 e. The molecule has 2 heterocycles. The number of carbonyl (C=O) groups excluding carboxylic acids is 1. The van der Waals surface area contributed by atoms with Crippen LogP contribution in [0.2, 0.25) is 0 Å². The van der Waals surface area contributed by atoms with Crippen LogP contribution >= 0.6 is 0 Å². The van der Waals surface area contributed by atoms with Gasteiger partial charge >= 0.3 is 0 Å². The van der Waals surface area contributed by atoms with Gasteiger partial charge in [0.1, 0.15) is 5.78 Å². The summed E-state index contributed by atoms with van der Waals surface area (Å²) in [4.78, 5) is 12.2. The van der Waals surface area contributed by atoms with Crippen molar-refractivity contribution in [2.75, 3.05) is 13.2 Å². The number of Topliss-reactive ketones (excluding diaryl/α,β-unsaturated/α-hetero) is 1. The second-order valence-corrected chi connectivity index (χ2v) is 7.98. The third-order valence-electron chi connectivity index (χ3n) is 6.30. The van der Waals surface area contributed by atoms with Gasteiger partial charge in [0, 0.05) is 19.3 Å². The average molecular weight is 332 g/mol. The van der Waals surface area contributed by atoms with Gasteiger partial charge in [0.15, 0.2) is 5.79 Å². The number of allylic oxidation sites excluding steroid dienone is 4. The Bertz CT molecular complexity index is 597. The van der Waals surface area contributed by atoms with E-state index in [2.05, 4.69) is 13.0 Å². The molecule has 1 fully saturated rings. The highest BCUT2D eigenvalue weighted by Crippen LogP contribution is 2.51. The van der Waals surface area contributed by atoms with E-state index in [0.29, 0.717) is 31.5 Å². The second-order valence-electron chi connectivity index (χ2n) is 7.98. The molecule has 24 heavy (non-hydrogen) atoms. The fourth-order valence-corrected chi connectivity index (χ4v) is 4.72. The number of ether oxygens (including phenoxy) is 3. The van der Waals surface area contributed by atoms with E-state index < -0.39 is 0 Å². The number of fused-ring (bicyclic) bond motifs is 2. The standard InChI is InChI=1S/C20H28O4/c1-19-11-9-17-15(16(19)7-8-18(19)21)6-5-14(24-17)4-3-10-20(2)22-12-13-23-20/h7,14H,3-6,8-13H2,1-2H3/t14?,19-/m0/s1. The molecule has 0 N–H and O–H groups in total. The highest BCUT2D eigenvalue weighted by molar-refractivity contribution is 5.93. The minimum absolute atomic E-state index is 0.235. The molecule has 2 atom stereocenters. The summed E-state index contributed by atoms with van der Waals surface area (Å²) >= 11 is 0. The van der Waals surface area contributed by atoms with Crippen LogP contribution in [0.5, 0.6) is 0 Å². The summed E-state index contributed by atoms with van der Waals surface area (Å²) < 4.78 is 17.7. The molecule has 0 saturated carbocycles. The lowest BCUT2D eigenvalue weighted by Crippen LogP contribution is -2.33. The Morgan fingerprint density at radius 3 is 2.79 bits per heavy atom. The first-order chi connectivity index (χ1) is 11.5. The second kappa shape index (κ2) is 5.99. The zero-order valence-electron chi connectivity index (χ0n) is 14.9. The smallest absolute Gasteiger partial charge is 0.165 e. The lowest BCUT2D eigenvalue weighted by atomic mass is 9.70. The molecule has 0 amide bonds. The minimum Gasteiger partial charge on any atom is -0.494 e. The number of hydrogen-bond acceptors (Lipinski definition) is 4. The van der Waals surface area contributed by atoms with Gasteiger partial charge in [-0.2, -0.15) is 0 Å². The van der Waals surface area contributed by atoms with Crippen LogP contribution in [0.1, 0.15) is 65.2 Å². The molecule has 0 bridgehead atoms. The molecule has 0 radical (unpaired) electrons. The normalized spacial score (nSPS) is 34.7. The maximum atomic E-state index is 12.2. The molecular formula is C20H28O4. The number of rotatable bonds is 4. The van der Waals surface area contributed by atoms with Gasteiger partial charge in [-0.15, -0.1) is 0 Å².